The average molecular weight is 220 g/mol. The minimum absolute atomic E-state index is 0.732. The van der Waals surface area contributed by atoms with E-state index in [0.29, 0.717) is 0 Å². The Labute approximate surface area is 98.8 Å². The highest BCUT2D eigenvalue weighted by atomic mass is 32.1. The van der Waals surface area contributed by atoms with Gasteiger partial charge in [-0.2, -0.15) is 12.6 Å². The quantitative estimate of drug-likeness (QED) is 0.706. The van der Waals surface area contributed by atoms with Crippen molar-refractivity contribution >= 4 is 18.7 Å². The molecule has 0 atom stereocenters. The maximum absolute atomic E-state index is 4.17. The number of thiol groups is 1. The summed E-state index contributed by atoms with van der Waals surface area (Å²) in [6, 6.07) is 8.82. The largest absolute Gasteiger partial charge is 0.179 e. The Hall–Kier alpha value is -0.690. The minimum Gasteiger partial charge on any atom is -0.179 e. The Morgan fingerprint density at radius 2 is 1.87 bits per heavy atom. The van der Waals surface area contributed by atoms with Gasteiger partial charge in [-0.05, 0) is 35.6 Å². The number of hydrogen-bond donors (Lipinski definition) is 1. The molecule has 0 bridgehead atoms. The summed E-state index contributed by atoms with van der Waals surface area (Å²) < 4.78 is 0. The molecule has 0 saturated heterocycles. The summed E-state index contributed by atoms with van der Waals surface area (Å²) in [5, 5.41) is 0. The predicted octanol–water partition coefficient (Wildman–Crippen LogP) is 4.22. The van der Waals surface area contributed by atoms with Crippen molar-refractivity contribution in [3.8, 4) is 0 Å². The number of benzene rings is 1. The summed E-state index contributed by atoms with van der Waals surface area (Å²) in [5.74, 6) is 1.65. The molecule has 0 fully saturated rings. The molecule has 1 aromatic rings. The van der Waals surface area contributed by atoms with Crippen molar-refractivity contribution in [3.05, 3.63) is 41.5 Å². The van der Waals surface area contributed by atoms with Gasteiger partial charge in [0.2, 0.25) is 0 Å². The molecule has 0 aliphatic heterocycles. The van der Waals surface area contributed by atoms with Crippen LogP contribution in [0.5, 0.6) is 0 Å². The smallest absolute Gasteiger partial charge is 0.00632 e. The molecular weight excluding hydrogens is 200 g/mol. The van der Waals surface area contributed by atoms with Crippen LogP contribution in [0.2, 0.25) is 0 Å². The third-order valence-electron chi connectivity index (χ3n) is 2.23. The molecule has 82 valence electrons. The zero-order chi connectivity index (χ0) is 11.1. The van der Waals surface area contributed by atoms with E-state index in [1.807, 2.05) is 0 Å². The van der Waals surface area contributed by atoms with Crippen molar-refractivity contribution in [1.82, 2.24) is 0 Å². The molecule has 0 aliphatic carbocycles. The molecule has 0 radical (unpaired) electrons. The lowest BCUT2D eigenvalue weighted by atomic mass is 10.0. The highest BCUT2D eigenvalue weighted by Crippen LogP contribution is 2.11. The van der Waals surface area contributed by atoms with Gasteiger partial charge in [0, 0.05) is 0 Å². The number of rotatable bonds is 5. The van der Waals surface area contributed by atoms with Crippen molar-refractivity contribution in [2.75, 3.05) is 5.75 Å². The van der Waals surface area contributed by atoms with Gasteiger partial charge in [-0.1, -0.05) is 50.3 Å². The van der Waals surface area contributed by atoms with E-state index in [1.54, 1.807) is 0 Å². The lowest BCUT2D eigenvalue weighted by Crippen LogP contribution is -1.93. The molecule has 1 aromatic carbocycles. The fourth-order valence-corrected chi connectivity index (χ4v) is 1.68. The summed E-state index contributed by atoms with van der Waals surface area (Å²) in [6.45, 7) is 4.50. The van der Waals surface area contributed by atoms with Crippen LogP contribution >= 0.6 is 12.6 Å². The summed E-state index contributed by atoms with van der Waals surface area (Å²) in [4.78, 5) is 0. The van der Waals surface area contributed by atoms with Crippen molar-refractivity contribution in [2.24, 2.45) is 5.92 Å². The molecule has 0 nitrogen and oxygen atoms in total. The zero-order valence-corrected chi connectivity index (χ0v) is 10.5. The molecule has 0 heterocycles. The zero-order valence-electron chi connectivity index (χ0n) is 9.61. The molecule has 1 rings (SSSR count). The monoisotopic (exact) mass is 220 g/mol. The summed E-state index contributed by atoms with van der Waals surface area (Å²) in [7, 11) is 0. The van der Waals surface area contributed by atoms with Crippen LogP contribution < -0.4 is 0 Å². The second-order valence-electron chi connectivity index (χ2n) is 4.25. The predicted molar refractivity (Wildman–Crippen MR) is 72.5 cm³/mol. The van der Waals surface area contributed by atoms with Crippen LogP contribution in [0, 0.1) is 5.92 Å². The fourth-order valence-electron chi connectivity index (χ4n) is 1.53. The van der Waals surface area contributed by atoms with E-state index in [9.17, 15) is 0 Å². The van der Waals surface area contributed by atoms with Gasteiger partial charge in [0.15, 0.2) is 0 Å². The van der Waals surface area contributed by atoms with Gasteiger partial charge in [-0.15, -0.1) is 0 Å². The molecule has 0 unspecified atom stereocenters. The number of allylic oxidation sites excluding steroid dienone is 1. The van der Waals surface area contributed by atoms with Gasteiger partial charge in [0.1, 0.15) is 0 Å². The first kappa shape index (κ1) is 12.4. The summed E-state index contributed by atoms with van der Waals surface area (Å²) >= 11 is 4.17. The SMILES string of the molecule is CC(C)Cc1ccc(C=CCCS)cc1. The molecule has 0 saturated carbocycles. The van der Waals surface area contributed by atoms with E-state index < -0.39 is 0 Å². The van der Waals surface area contributed by atoms with E-state index >= 15 is 0 Å². The van der Waals surface area contributed by atoms with Crippen LogP contribution in [0.4, 0.5) is 0 Å². The lowest BCUT2D eigenvalue weighted by Gasteiger charge is -2.04. The molecule has 0 aromatic heterocycles. The van der Waals surface area contributed by atoms with E-state index in [4.69, 9.17) is 0 Å². The molecule has 0 amide bonds. The third kappa shape index (κ3) is 5.08. The Kier molecular flexibility index (Phi) is 5.56. The second-order valence-corrected chi connectivity index (χ2v) is 4.70. The topological polar surface area (TPSA) is 0 Å². The summed E-state index contributed by atoms with van der Waals surface area (Å²) in [6.07, 6.45) is 6.54. The first-order chi connectivity index (χ1) is 7.22. The van der Waals surface area contributed by atoms with E-state index in [1.165, 1.54) is 17.5 Å². The molecule has 0 spiro atoms. The van der Waals surface area contributed by atoms with Crippen LogP contribution in [0.1, 0.15) is 31.4 Å². The Morgan fingerprint density at radius 1 is 1.20 bits per heavy atom. The molecule has 15 heavy (non-hydrogen) atoms. The van der Waals surface area contributed by atoms with Crippen molar-refractivity contribution < 1.29 is 0 Å². The van der Waals surface area contributed by atoms with Gasteiger partial charge in [0.05, 0.1) is 0 Å². The minimum atomic E-state index is 0.732. The Bertz CT molecular complexity index is 296. The van der Waals surface area contributed by atoms with E-state index in [-0.39, 0.29) is 0 Å². The van der Waals surface area contributed by atoms with Crippen LogP contribution in [-0.2, 0) is 6.42 Å². The maximum Gasteiger partial charge on any atom is -0.00632 e. The first-order valence-corrected chi connectivity index (χ1v) is 6.22. The standard InChI is InChI=1S/C14H20S/c1-12(2)11-14-8-6-13(7-9-14)5-3-4-10-15/h3,5-9,12,15H,4,10-11H2,1-2H3. The lowest BCUT2D eigenvalue weighted by molar-refractivity contribution is 0.647. The van der Waals surface area contributed by atoms with E-state index in [0.717, 1.165) is 18.1 Å². The number of hydrogen-bond acceptors (Lipinski definition) is 1. The van der Waals surface area contributed by atoms with Gasteiger partial charge in [0.25, 0.3) is 0 Å². The van der Waals surface area contributed by atoms with Crippen molar-refractivity contribution in [3.63, 3.8) is 0 Å². The normalized spacial score (nSPS) is 11.5. The van der Waals surface area contributed by atoms with Gasteiger partial charge >= 0.3 is 0 Å². The highest BCUT2D eigenvalue weighted by molar-refractivity contribution is 7.80. The van der Waals surface area contributed by atoms with Crippen molar-refractivity contribution in [2.45, 2.75) is 26.7 Å². The molecule has 1 heteroatoms. The van der Waals surface area contributed by atoms with Crippen LogP contribution in [-0.4, -0.2) is 5.75 Å². The Balaban J connectivity index is 2.56. The molecule has 0 N–H and O–H groups in total. The molecule has 0 aliphatic rings. The molecular formula is C14H20S. The van der Waals surface area contributed by atoms with Crippen LogP contribution in [0.15, 0.2) is 30.3 Å². The first-order valence-electron chi connectivity index (χ1n) is 5.58. The highest BCUT2D eigenvalue weighted by Gasteiger charge is 1.96. The maximum atomic E-state index is 4.17. The van der Waals surface area contributed by atoms with Gasteiger partial charge in [-0.3, -0.25) is 0 Å². The van der Waals surface area contributed by atoms with E-state index in [2.05, 4.69) is 62.9 Å². The summed E-state index contributed by atoms with van der Waals surface area (Å²) in [5.41, 5.74) is 2.71. The fraction of sp³-hybridized carbons (Fsp3) is 0.429. The van der Waals surface area contributed by atoms with Crippen LogP contribution in [0.3, 0.4) is 0 Å². The van der Waals surface area contributed by atoms with Gasteiger partial charge in [-0.25, -0.2) is 0 Å². The second kappa shape index (κ2) is 6.73. The van der Waals surface area contributed by atoms with Crippen LogP contribution in [0.25, 0.3) is 6.08 Å². The van der Waals surface area contributed by atoms with Crippen molar-refractivity contribution in [1.29, 1.82) is 0 Å². The Morgan fingerprint density at radius 3 is 2.40 bits per heavy atom. The van der Waals surface area contributed by atoms with Gasteiger partial charge < -0.3 is 0 Å². The average Bonchev–Trinajstić information content (AvgIpc) is 2.20. The third-order valence-corrected chi connectivity index (χ3v) is 2.49.